The fraction of sp³-hybridized carbons (Fsp3) is 0.267. The number of carboxylic acid groups (broad SMARTS) is 1. The number of carbonyl (C=O) groups excluding carboxylic acids is 2. The monoisotopic (exact) mass is 326 g/mol. The summed E-state index contributed by atoms with van der Waals surface area (Å²) < 4.78 is 10.1. The number of furan rings is 1. The molecular weight excluding hydrogens is 311 g/mol. The molecule has 0 fully saturated rings. The maximum absolute atomic E-state index is 11.6. The summed E-state index contributed by atoms with van der Waals surface area (Å²) in [6, 6.07) is 5.88. The van der Waals surface area contributed by atoms with Crippen molar-refractivity contribution < 1.29 is 53.4 Å². The second-order valence-electron chi connectivity index (χ2n) is 5.65. The number of amides is 1. The van der Waals surface area contributed by atoms with E-state index in [1.165, 1.54) is 24.3 Å². The molecule has 1 heterocycles. The van der Waals surface area contributed by atoms with Gasteiger partial charge in [0.1, 0.15) is 23.0 Å². The largest absolute Gasteiger partial charge is 1.00 e. The van der Waals surface area contributed by atoms with Gasteiger partial charge in [-0.25, -0.2) is 4.79 Å². The molecule has 0 spiro atoms. The van der Waals surface area contributed by atoms with E-state index in [1.807, 2.05) is 0 Å². The average molecular weight is 326 g/mol. The van der Waals surface area contributed by atoms with E-state index in [9.17, 15) is 14.7 Å². The van der Waals surface area contributed by atoms with E-state index < -0.39 is 17.7 Å². The van der Waals surface area contributed by atoms with Crippen LogP contribution in [0.5, 0.6) is 0 Å². The maximum atomic E-state index is 11.6. The third kappa shape index (κ3) is 5.09. The zero-order valence-electron chi connectivity index (χ0n) is 13.4. The number of hydrogen-bond donors (Lipinski definition) is 2. The number of fused-ring (bicyclic) bond motifs is 1. The molecule has 23 heavy (non-hydrogen) atoms. The van der Waals surface area contributed by atoms with Crippen LogP contribution >= 0.6 is 0 Å². The van der Waals surface area contributed by atoms with Crippen LogP contribution in [0.25, 0.3) is 11.0 Å². The number of amidine groups is 1. The van der Waals surface area contributed by atoms with Gasteiger partial charge in [-0.15, -0.1) is 0 Å². The molecular formula is C15H15N2NaO5. The van der Waals surface area contributed by atoms with Gasteiger partial charge in [0.25, 0.3) is 0 Å². The summed E-state index contributed by atoms with van der Waals surface area (Å²) in [7, 11) is 0. The van der Waals surface area contributed by atoms with Gasteiger partial charge in [0.05, 0.1) is 0 Å². The Morgan fingerprint density at radius 1 is 1.26 bits per heavy atom. The molecule has 7 nitrogen and oxygen atoms in total. The van der Waals surface area contributed by atoms with Crippen molar-refractivity contribution in [2.75, 3.05) is 0 Å². The number of hydrogen-bond acceptors (Lipinski definition) is 6. The van der Waals surface area contributed by atoms with Crippen LogP contribution in [0.3, 0.4) is 0 Å². The molecule has 2 N–H and O–H groups in total. The summed E-state index contributed by atoms with van der Waals surface area (Å²) in [5.41, 5.74) is 0.0829. The van der Waals surface area contributed by atoms with Crippen LogP contribution in [0.1, 0.15) is 36.9 Å². The third-order valence-corrected chi connectivity index (χ3v) is 2.63. The quantitative estimate of drug-likeness (QED) is 0.402. The van der Waals surface area contributed by atoms with Crippen molar-refractivity contribution in [3.8, 4) is 0 Å². The second kappa shape index (κ2) is 7.16. The van der Waals surface area contributed by atoms with Crippen LogP contribution in [0.4, 0.5) is 4.79 Å². The number of carboxylic acids is 1. The van der Waals surface area contributed by atoms with Gasteiger partial charge in [-0.05, 0) is 45.0 Å². The van der Waals surface area contributed by atoms with E-state index in [0.29, 0.717) is 16.5 Å². The van der Waals surface area contributed by atoms with Crippen LogP contribution in [-0.4, -0.2) is 23.5 Å². The fourth-order valence-electron chi connectivity index (χ4n) is 1.78. The number of alkyl carbamates (subject to hydrolysis) is 1. The van der Waals surface area contributed by atoms with Gasteiger partial charge in [-0.2, -0.15) is 0 Å². The molecule has 0 aliphatic rings. The molecule has 0 radical (unpaired) electrons. The summed E-state index contributed by atoms with van der Waals surface area (Å²) >= 11 is 0. The Balaban J connectivity index is 0.00000264. The first kappa shape index (κ1) is 19.2. The van der Waals surface area contributed by atoms with E-state index in [0.717, 1.165) is 0 Å². The third-order valence-electron chi connectivity index (χ3n) is 2.63. The van der Waals surface area contributed by atoms with Crippen molar-refractivity contribution in [2.45, 2.75) is 26.4 Å². The van der Waals surface area contributed by atoms with Crippen molar-refractivity contribution in [3.05, 3.63) is 35.6 Å². The van der Waals surface area contributed by atoms with E-state index >= 15 is 0 Å². The number of ether oxygens (including phenoxy) is 1. The maximum Gasteiger partial charge on any atom is 1.00 e. The number of carbonyl (C=O) groups is 2. The minimum atomic E-state index is -1.42. The SMILES string of the molecule is CC(C)(C)OC(=O)NC(=N)c1ccc2oc(C(=O)[O-])cc2c1.[Na+]. The Hall–Kier alpha value is -1.83. The van der Waals surface area contributed by atoms with Crippen molar-refractivity contribution in [2.24, 2.45) is 0 Å². The van der Waals surface area contributed by atoms with Crippen molar-refractivity contribution >= 4 is 28.9 Å². The molecule has 8 heteroatoms. The molecule has 2 rings (SSSR count). The number of nitrogens with one attached hydrogen (secondary N) is 2. The minimum Gasteiger partial charge on any atom is -0.542 e. The Labute approximate surface area is 154 Å². The first-order valence-corrected chi connectivity index (χ1v) is 6.49. The molecule has 2 aromatic rings. The van der Waals surface area contributed by atoms with Crippen molar-refractivity contribution in [1.29, 1.82) is 5.41 Å². The van der Waals surface area contributed by atoms with E-state index in [-0.39, 0.29) is 41.2 Å². The fourth-order valence-corrected chi connectivity index (χ4v) is 1.78. The van der Waals surface area contributed by atoms with Gasteiger partial charge < -0.3 is 19.1 Å². The van der Waals surface area contributed by atoms with E-state index in [1.54, 1.807) is 20.8 Å². The molecule has 0 unspecified atom stereocenters. The summed E-state index contributed by atoms with van der Waals surface area (Å²) in [6.45, 7) is 5.15. The molecule has 0 saturated heterocycles. The molecule has 0 aliphatic heterocycles. The van der Waals surface area contributed by atoms with Gasteiger partial charge in [0.15, 0.2) is 5.76 Å². The molecule has 0 saturated carbocycles. The minimum absolute atomic E-state index is 0. The number of benzene rings is 1. The summed E-state index contributed by atoms with van der Waals surface area (Å²) in [6.07, 6.45) is -0.736. The second-order valence-corrected chi connectivity index (χ2v) is 5.65. The van der Waals surface area contributed by atoms with Crippen LogP contribution < -0.4 is 40.0 Å². The normalized spacial score (nSPS) is 10.7. The molecule has 1 amide bonds. The van der Waals surface area contributed by atoms with Gasteiger partial charge in [-0.1, -0.05) is 0 Å². The van der Waals surface area contributed by atoms with Crippen LogP contribution in [0.2, 0.25) is 0 Å². The topological polar surface area (TPSA) is 115 Å². The smallest absolute Gasteiger partial charge is 0.542 e. The van der Waals surface area contributed by atoms with Crippen LogP contribution in [0, 0.1) is 5.41 Å². The Kier molecular flexibility index (Phi) is 5.98. The summed E-state index contributed by atoms with van der Waals surface area (Å²) in [4.78, 5) is 22.4. The van der Waals surface area contributed by atoms with Gasteiger partial charge in [0.2, 0.25) is 0 Å². The summed E-state index contributed by atoms with van der Waals surface area (Å²) in [5.74, 6) is -1.87. The standard InChI is InChI=1S/C15H16N2O5.Na/c1-15(2,3)22-14(20)17-12(16)8-4-5-10-9(6-8)7-11(21-10)13(18)19;/h4-7H,1-3H3,(H,18,19)(H2,16,17,20);/q;+1/p-1. The van der Waals surface area contributed by atoms with Crippen molar-refractivity contribution in [1.82, 2.24) is 5.32 Å². The molecule has 1 aromatic carbocycles. The molecule has 1 aromatic heterocycles. The zero-order valence-corrected chi connectivity index (χ0v) is 15.4. The molecule has 0 aliphatic carbocycles. The summed E-state index contributed by atoms with van der Waals surface area (Å²) in [5, 5.41) is 21.4. The predicted molar refractivity (Wildman–Crippen MR) is 76.7 cm³/mol. The molecule has 0 bridgehead atoms. The predicted octanol–water partition coefficient (Wildman–Crippen LogP) is -1.35. The Morgan fingerprint density at radius 2 is 1.91 bits per heavy atom. The van der Waals surface area contributed by atoms with Gasteiger partial charge in [0, 0.05) is 10.9 Å². The van der Waals surface area contributed by atoms with Crippen molar-refractivity contribution in [3.63, 3.8) is 0 Å². The van der Waals surface area contributed by atoms with E-state index in [4.69, 9.17) is 14.6 Å². The van der Waals surface area contributed by atoms with Gasteiger partial charge >= 0.3 is 35.7 Å². The Morgan fingerprint density at radius 3 is 2.48 bits per heavy atom. The van der Waals surface area contributed by atoms with Gasteiger partial charge in [-0.3, -0.25) is 10.7 Å². The zero-order chi connectivity index (χ0) is 16.5. The molecule has 116 valence electrons. The molecule has 0 atom stereocenters. The van der Waals surface area contributed by atoms with Crippen LogP contribution in [0.15, 0.2) is 28.7 Å². The van der Waals surface area contributed by atoms with Crippen LogP contribution in [-0.2, 0) is 4.74 Å². The first-order chi connectivity index (χ1) is 10.2. The number of rotatable bonds is 2. The average Bonchev–Trinajstić information content (AvgIpc) is 2.78. The number of aromatic carboxylic acids is 1. The van der Waals surface area contributed by atoms with E-state index in [2.05, 4.69) is 5.32 Å². The first-order valence-electron chi connectivity index (χ1n) is 6.49. The Bertz CT molecular complexity index is 761.